The molecular formula is C16H26N2O6S. The zero-order valence-electron chi connectivity index (χ0n) is 14.8. The van der Waals surface area contributed by atoms with Gasteiger partial charge in [-0.1, -0.05) is 0 Å². The standard InChI is InChI=1S/C16H26N2O6S/c1-3-18(13-7-9-25(22,23)11-13)15(20)14(19)17-8-5-6-12(10-17)16(21)24-4-2/h12-13H,3-11H2,1-2H3. The van der Waals surface area contributed by atoms with Crippen LogP contribution in [0.3, 0.4) is 0 Å². The van der Waals surface area contributed by atoms with Crippen LogP contribution >= 0.6 is 0 Å². The number of rotatable bonds is 4. The van der Waals surface area contributed by atoms with Crippen LogP contribution in [0.1, 0.15) is 33.1 Å². The number of carbonyl (C=O) groups is 3. The van der Waals surface area contributed by atoms with E-state index in [0.29, 0.717) is 25.8 Å². The van der Waals surface area contributed by atoms with Crippen LogP contribution in [0.15, 0.2) is 0 Å². The summed E-state index contributed by atoms with van der Waals surface area (Å²) in [7, 11) is -3.14. The highest BCUT2D eigenvalue weighted by molar-refractivity contribution is 7.91. The molecule has 2 aliphatic heterocycles. The number of ether oxygens (including phenoxy) is 1. The monoisotopic (exact) mass is 374 g/mol. The Hall–Kier alpha value is -1.64. The van der Waals surface area contributed by atoms with Crippen LogP contribution in [-0.2, 0) is 29.0 Å². The second-order valence-electron chi connectivity index (χ2n) is 6.49. The van der Waals surface area contributed by atoms with Gasteiger partial charge in [-0.05, 0) is 33.1 Å². The number of hydrogen-bond acceptors (Lipinski definition) is 6. The van der Waals surface area contributed by atoms with E-state index in [0.717, 1.165) is 0 Å². The number of likely N-dealkylation sites (tertiary alicyclic amines) is 1. The maximum absolute atomic E-state index is 12.6. The van der Waals surface area contributed by atoms with Gasteiger partial charge in [-0.15, -0.1) is 0 Å². The van der Waals surface area contributed by atoms with Gasteiger partial charge < -0.3 is 14.5 Å². The molecule has 2 saturated heterocycles. The van der Waals surface area contributed by atoms with Crippen molar-refractivity contribution in [3.63, 3.8) is 0 Å². The SMILES string of the molecule is CCOC(=O)C1CCCN(C(=O)C(=O)N(CC)C2CCS(=O)(=O)C2)C1. The molecule has 142 valence electrons. The first-order valence-electron chi connectivity index (χ1n) is 8.76. The Bertz CT molecular complexity index is 633. The largest absolute Gasteiger partial charge is 0.466 e. The van der Waals surface area contributed by atoms with Gasteiger partial charge in [0.25, 0.3) is 0 Å². The molecule has 0 aromatic rings. The van der Waals surface area contributed by atoms with Crippen molar-refractivity contribution >= 4 is 27.6 Å². The average Bonchev–Trinajstić information content (AvgIpc) is 2.94. The van der Waals surface area contributed by atoms with Crippen molar-refractivity contribution in [2.24, 2.45) is 5.92 Å². The zero-order chi connectivity index (χ0) is 18.6. The van der Waals surface area contributed by atoms with Crippen LogP contribution in [0.5, 0.6) is 0 Å². The van der Waals surface area contributed by atoms with Crippen molar-refractivity contribution in [2.75, 3.05) is 37.7 Å². The molecule has 0 bridgehead atoms. The highest BCUT2D eigenvalue weighted by Gasteiger charge is 2.39. The summed E-state index contributed by atoms with van der Waals surface area (Å²) in [5.74, 6) is -2.15. The molecule has 2 unspecified atom stereocenters. The number of nitrogens with zero attached hydrogens (tertiary/aromatic N) is 2. The predicted octanol–water partition coefficient (Wildman–Crippen LogP) is -0.176. The van der Waals surface area contributed by atoms with Gasteiger partial charge in [0.05, 0.1) is 24.0 Å². The minimum absolute atomic E-state index is 0.0459. The number of hydrogen-bond donors (Lipinski definition) is 0. The van der Waals surface area contributed by atoms with E-state index in [2.05, 4.69) is 0 Å². The van der Waals surface area contributed by atoms with Crippen molar-refractivity contribution in [1.82, 2.24) is 9.80 Å². The number of likely N-dealkylation sites (N-methyl/N-ethyl adjacent to an activating group) is 1. The Kier molecular flexibility index (Phi) is 6.42. The number of carbonyl (C=O) groups excluding carboxylic acids is 3. The fourth-order valence-electron chi connectivity index (χ4n) is 3.46. The number of amides is 2. The van der Waals surface area contributed by atoms with Gasteiger partial charge in [0.2, 0.25) is 0 Å². The van der Waals surface area contributed by atoms with Crippen LogP contribution in [-0.4, -0.2) is 79.8 Å². The van der Waals surface area contributed by atoms with E-state index >= 15 is 0 Å². The van der Waals surface area contributed by atoms with Crippen molar-refractivity contribution in [3.8, 4) is 0 Å². The van der Waals surface area contributed by atoms with Gasteiger partial charge in [-0.2, -0.15) is 0 Å². The van der Waals surface area contributed by atoms with Gasteiger partial charge >= 0.3 is 17.8 Å². The smallest absolute Gasteiger partial charge is 0.312 e. The highest BCUT2D eigenvalue weighted by Crippen LogP contribution is 2.21. The lowest BCUT2D eigenvalue weighted by Crippen LogP contribution is -2.52. The van der Waals surface area contributed by atoms with Crippen molar-refractivity contribution in [2.45, 2.75) is 39.2 Å². The second-order valence-corrected chi connectivity index (χ2v) is 8.72. The average molecular weight is 374 g/mol. The minimum atomic E-state index is -3.14. The molecule has 2 rings (SSSR count). The molecule has 0 aliphatic carbocycles. The van der Waals surface area contributed by atoms with E-state index < -0.39 is 33.6 Å². The van der Waals surface area contributed by atoms with Crippen molar-refractivity contribution in [1.29, 1.82) is 0 Å². The molecule has 8 nitrogen and oxygen atoms in total. The van der Waals surface area contributed by atoms with Crippen molar-refractivity contribution < 1.29 is 27.5 Å². The van der Waals surface area contributed by atoms with Gasteiger partial charge in [0.15, 0.2) is 9.84 Å². The maximum atomic E-state index is 12.6. The Labute approximate surface area is 148 Å². The molecule has 0 aromatic carbocycles. The van der Waals surface area contributed by atoms with E-state index in [4.69, 9.17) is 4.74 Å². The van der Waals surface area contributed by atoms with Crippen molar-refractivity contribution in [3.05, 3.63) is 0 Å². The molecule has 0 radical (unpaired) electrons. The normalized spacial score (nSPS) is 25.4. The van der Waals surface area contributed by atoms with Gasteiger partial charge in [-0.25, -0.2) is 8.42 Å². The Morgan fingerprint density at radius 2 is 1.92 bits per heavy atom. The van der Waals surface area contributed by atoms with Gasteiger partial charge in [0.1, 0.15) is 0 Å². The molecule has 25 heavy (non-hydrogen) atoms. The fraction of sp³-hybridized carbons (Fsp3) is 0.812. The number of esters is 1. The number of piperidine rings is 1. The lowest BCUT2D eigenvalue weighted by Gasteiger charge is -2.33. The molecule has 0 aromatic heterocycles. The molecule has 0 spiro atoms. The first-order valence-corrected chi connectivity index (χ1v) is 10.6. The van der Waals surface area contributed by atoms with Crippen LogP contribution < -0.4 is 0 Å². The third-order valence-corrected chi connectivity index (χ3v) is 6.51. The lowest BCUT2D eigenvalue weighted by molar-refractivity contribution is -0.157. The molecule has 0 N–H and O–H groups in total. The summed E-state index contributed by atoms with van der Waals surface area (Å²) in [4.78, 5) is 39.8. The molecule has 2 atom stereocenters. The summed E-state index contributed by atoms with van der Waals surface area (Å²) < 4.78 is 28.3. The fourth-order valence-corrected chi connectivity index (χ4v) is 5.19. The molecular weight excluding hydrogens is 348 g/mol. The van der Waals surface area contributed by atoms with E-state index in [9.17, 15) is 22.8 Å². The lowest BCUT2D eigenvalue weighted by atomic mass is 9.98. The molecule has 2 aliphatic rings. The van der Waals surface area contributed by atoms with Crippen LogP contribution in [0.4, 0.5) is 0 Å². The Morgan fingerprint density at radius 1 is 1.20 bits per heavy atom. The topological polar surface area (TPSA) is 101 Å². The third-order valence-electron chi connectivity index (χ3n) is 4.76. The van der Waals surface area contributed by atoms with E-state index in [1.165, 1.54) is 9.80 Å². The van der Waals surface area contributed by atoms with Crippen LogP contribution in [0.25, 0.3) is 0 Å². The van der Waals surface area contributed by atoms with E-state index in [-0.39, 0.29) is 37.2 Å². The molecule has 2 amide bonds. The molecule has 9 heteroatoms. The van der Waals surface area contributed by atoms with Gasteiger partial charge in [-0.3, -0.25) is 14.4 Å². The molecule has 2 fully saturated rings. The van der Waals surface area contributed by atoms with Crippen LogP contribution in [0.2, 0.25) is 0 Å². The third kappa shape index (κ3) is 4.71. The number of sulfone groups is 1. The summed E-state index contributed by atoms with van der Waals surface area (Å²) in [6, 6.07) is -0.447. The van der Waals surface area contributed by atoms with Crippen LogP contribution in [0, 0.1) is 5.92 Å². The Morgan fingerprint density at radius 3 is 2.48 bits per heavy atom. The summed E-state index contributed by atoms with van der Waals surface area (Å²) >= 11 is 0. The maximum Gasteiger partial charge on any atom is 0.312 e. The second kappa shape index (κ2) is 8.16. The summed E-state index contributed by atoms with van der Waals surface area (Å²) in [5, 5.41) is 0. The minimum Gasteiger partial charge on any atom is -0.466 e. The first kappa shape index (κ1) is 19.7. The summed E-state index contributed by atoms with van der Waals surface area (Å²) in [6.45, 7) is 4.60. The summed E-state index contributed by atoms with van der Waals surface area (Å²) in [6.07, 6.45) is 1.63. The highest BCUT2D eigenvalue weighted by atomic mass is 32.2. The van der Waals surface area contributed by atoms with E-state index in [1.807, 2.05) is 0 Å². The summed E-state index contributed by atoms with van der Waals surface area (Å²) in [5.41, 5.74) is 0. The quantitative estimate of drug-likeness (QED) is 0.500. The van der Waals surface area contributed by atoms with E-state index in [1.54, 1.807) is 13.8 Å². The molecule has 0 saturated carbocycles. The first-order chi connectivity index (χ1) is 11.8. The predicted molar refractivity (Wildman–Crippen MR) is 90.4 cm³/mol. The zero-order valence-corrected chi connectivity index (χ0v) is 15.6. The Balaban J connectivity index is 2.02. The molecule has 2 heterocycles. The van der Waals surface area contributed by atoms with Gasteiger partial charge in [0, 0.05) is 25.7 Å².